The number of hydrogen-bond donors (Lipinski definition) is 1. The molecule has 94 valence electrons. The van der Waals surface area contributed by atoms with Gasteiger partial charge in [-0.1, -0.05) is 11.3 Å². The van der Waals surface area contributed by atoms with E-state index in [1.165, 1.54) is 11.3 Å². The average molecular weight is 255 g/mol. The van der Waals surface area contributed by atoms with Crippen molar-refractivity contribution >= 4 is 16.3 Å². The van der Waals surface area contributed by atoms with Crippen molar-refractivity contribution in [2.75, 3.05) is 6.54 Å². The minimum atomic E-state index is -0.339. The Morgan fingerprint density at radius 1 is 1.59 bits per heavy atom. The van der Waals surface area contributed by atoms with Gasteiger partial charge in [0.25, 0.3) is 0 Å². The lowest BCUT2D eigenvalue weighted by Crippen LogP contribution is -2.35. The summed E-state index contributed by atoms with van der Waals surface area (Å²) >= 11 is 1.24. The summed E-state index contributed by atoms with van der Waals surface area (Å²) in [7, 11) is 0. The summed E-state index contributed by atoms with van der Waals surface area (Å²) in [5, 5.41) is 10.9. The fourth-order valence-electron chi connectivity index (χ4n) is 2.39. The first kappa shape index (κ1) is 12.5. The molecule has 17 heavy (non-hydrogen) atoms. The zero-order valence-corrected chi connectivity index (χ0v) is 10.8. The Kier molecular flexibility index (Phi) is 3.46. The van der Waals surface area contributed by atoms with Gasteiger partial charge in [-0.15, -0.1) is 0 Å². The molecule has 5 nitrogen and oxygen atoms in total. The fraction of sp³-hybridized carbons (Fsp3) is 0.636. The SMILES string of the molecule is CC(C)N1CCC(N)C1c1ccc([N+](=O)[O-])s1. The van der Waals surface area contributed by atoms with Crippen molar-refractivity contribution in [3.05, 3.63) is 27.1 Å². The Balaban J connectivity index is 2.26. The first-order valence-corrected chi connectivity index (χ1v) is 6.58. The molecule has 1 aliphatic rings. The van der Waals surface area contributed by atoms with Gasteiger partial charge in [0.2, 0.25) is 0 Å². The Labute approximate surface area is 104 Å². The van der Waals surface area contributed by atoms with Crippen LogP contribution in [0.2, 0.25) is 0 Å². The zero-order valence-electron chi connectivity index (χ0n) is 10.00. The first-order chi connectivity index (χ1) is 8.00. The second-order valence-electron chi connectivity index (χ2n) is 4.66. The average Bonchev–Trinajstić information content (AvgIpc) is 2.82. The van der Waals surface area contributed by atoms with E-state index in [9.17, 15) is 10.1 Å². The summed E-state index contributed by atoms with van der Waals surface area (Å²) in [4.78, 5) is 13.7. The highest BCUT2D eigenvalue weighted by Gasteiger charge is 2.35. The highest BCUT2D eigenvalue weighted by molar-refractivity contribution is 7.15. The lowest BCUT2D eigenvalue weighted by Gasteiger charge is -2.29. The van der Waals surface area contributed by atoms with E-state index in [1.807, 2.05) is 6.07 Å². The van der Waals surface area contributed by atoms with Gasteiger partial charge >= 0.3 is 5.00 Å². The van der Waals surface area contributed by atoms with Crippen molar-refractivity contribution in [1.82, 2.24) is 4.90 Å². The normalized spacial score (nSPS) is 25.6. The van der Waals surface area contributed by atoms with Crippen LogP contribution < -0.4 is 5.73 Å². The Morgan fingerprint density at radius 3 is 2.82 bits per heavy atom. The largest absolute Gasteiger partial charge is 0.326 e. The van der Waals surface area contributed by atoms with Crippen LogP contribution in [0.3, 0.4) is 0 Å². The van der Waals surface area contributed by atoms with Crippen molar-refractivity contribution in [3.8, 4) is 0 Å². The van der Waals surface area contributed by atoms with Crippen LogP contribution in [0.5, 0.6) is 0 Å². The molecule has 2 atom stereocenters. The minimum Gasteiger partial charge on any atom is -0.326 e. The molecule has 0 saturated carbocycles. The van der Waals surface area contributed by atoms with Crippen LogP contribution in [0.15, 0.2) is 12.1 Å². The third-order valence-corrected chi connectivity index (χ3v) is 4.34. The van der Waals surface area contributed by atoms with Gasteiger partial charge in [-0.25, -0.2) is 0 Å². The van der Waals surface area contributed by atoms with Crippen LogP contribution in [0.4, 0.5) is 5.00 Å². The number of nitro groups is 1. The minimum absolute atomic E-state index is 0.0793. The molecule has 6 heteroatoms. The summed E-state index contributed by atoms with van der Waals surface area (Å²) in [6, 6.07) is 4.04. The standard InChI is InChI=1S/C11H17N3O2S/c1-7(2)13-6-5-8(12)11(13)9-3-4-10(17-9)14(15)16/h3-4,7-8,11H,5-6,12H2,1-2H3. The van der Waals surface area contributed by atoms with Crippen LogP contribution >= 0.6 is 11.3 Å². The van der Waals surface area contributed by atoms with Crippen molar-refractivity contribution in [2.24, 2.45) is 5.73 Å². The molecule has 2 rings (SSSR count). The molecule has 1 saturated heterocycles. The van der Waals surface area contributed by atoms with Crippen molar-refractivity contribution in [3.63, 3.8) is 0 Å². The fourth-order valence-corrected chi connectivity index (χ4v) is 3.41. The molecule has 1 aromatic heterocycles. The molecule has 1 aromatic rings. The van der Waals surface area contributed by atoms with Gasteiger partial charge in [0, 0.05) is 29.6 Å². The number of hydrogen-bond acceptors (Lipinski definition) is 5. The lowest BCUT2D eigenvalue weighted by molar-refractivity contribution is -0.380. The first-order valence-electron chi connectivity index (χ1n) is 5.76. The van der Waals surface area contributed by atoms with Gasteiger partial charge in [0.15, 0.2) is 0 Å². The number of likely N-dealkylation sites (tertiary alicyclic amines) is 1. The molecule has 2 unspecified atom stereocenters. The molecule has 0 spiro atoms. The Morgan fingerprint density at radius 2 is 2.29 bits per heavy atom. The third kappa shape index (κ3) is 2.34. The van der Waals surface area contributed by atoms with Crippen LogP contribution in [0, 0.1) is 10.1 Å². The van der Waals surface area contributed by atoms with E-state index in [0.29, 0.717) is 6.04 Å². The molecule has 1 aliphatic heterocycles. The van der Waals surface area contributed by atoms with Gasteiger partial charge in [-0.2, -0.15) is 0 Å². The molecule has 2 N–H and O–H groups in total. The third-order valence-electron chi connectivity index (χ3n) is 3.23. The maximum absolute atomic E-state index is 10.7. The van der Waals surface area contributed by atoms with Crippen LogP contribution in [0.1, 0.15) is 31.2 Å². The smallest absolute Gasteiger partial charge is 0.324 e. The van der Waals surface area contributed by atoms with Crippen LogP contribution in [-0.4, -0.2) is 28.5 Å². The lowest BCUT2D eigenvalue weighted by atomic mass is 10.1. The van der Waals surface area contributed by atoms with E-state index in [-0.39, 0.29) is 22.0 Å². The molecule has 0 radical (unpaired) electrons. The summed E-state index contributed by atoms with van der Waals surface area (Å²) < 4.78 is 0. The van der Waals surface area contributed by atoms with E-state index >= 15 is 0 Å². The van der Waals surface area contributed by atoms with Gasteiger partial charge in [0.1, 0.15) is 0 Å². The highest BCUT2D eigenvalue weighted by Crippen LogP contribution is 2.38. The number of thiophene rings is 1. The van der Waals surface area contributed by atoms with E-state index in [1.54, 1.807) is 6.07 Å². The van der Waals surface area contributed by atoms with Crippen molar-refractivity contribution < 1.29 is 4.92 Å². The van der Waals surface area contributed by atoms with Gasteiger partial charge in [-0.05, 0) is 26.3 Å². The van der Waals surface area contributed by atoms with Gasteiger partial charge in [-0.3, -0.25) is 15.0 Å². The number of nitrogens with two attached hydrogens (primary N) is 1. The van der Waals surface area contributed by atoms with Crippen molar-refractivity contribution in [1.29, 1.82) is 0 Å². The van der Waals surface area contributed by atoms with Crippen LogP contribution in [-0.2, 0) is 0 Å². The van der Waals surface area contributed by atoms with Crippen LogP contribution in [0.25, 0.3) is 0 Å². The van der Waals surface area contributed by atoms with E-state index < -0.39 is 0 Å². The maximum atomic E-state index is 10.7. The quantitative estimate of drug-likeness (QED) is 0.663. The maximum Gasteiger partial charge on any atom is 0.324 e. The summed E-state index contributed by atoms with van der Waals surface area (Å²) in [6.45, 7) is 5.23. The van der Waals surface area contributed by atoms with E-state index in [4.69, 9.17) is 5.73 Å². The molecule has 0 aromatic carbocycles. The Hall–Kier alpha value is -0.980. The monoisotopic (exact) mass is 255 g/mol. The second kappa shape index (κ2) is 4.72. The summed E-state index contributed by atoms with van der Waals surface area (Å²) in [6.07, 6.45) is 0.953. The summed E-state index contributed by atoms with van der Waals surface area (Å²) in [5.41, 5.74) is 6.12. The molecule has 2 heterocycles. The van der Waals surface area contributed by atoms with Gasteiger partial charge in [0.05, 0.1) is 11.0 Å². The molecule has 0 bridgehead atoms. The predicted molar refractivity (Wildman–Crippen MR) is 68.1 cm³/mol. The highest BCUT2D eigenvalue weighted by atomic mass is 32.1. The number of nitrogens with zero attached hydrogens (tertiary/aromatic N) is 2. The van der Waals surface area contributed by atoms with E-state index in [0.717, 1.165) is 17.8 Å². The van der Waals surface area contributed by atoms with Gasteiger partial charge < -0.3 is 5.73 Å². The predicted octanol–water partition coefficient (Wildman–Crippen LogP) is 2.14. The number of rotatable bonds is 3. The van der Waals surface area contributed by atoms with E-state index in [2.05, 4.69) is 18.7 Å². The molecule has 1 fully saturated rings. The topological polar surface area (TPSA) is 72.4 Å². The summed E-state index contributed by atoms with van der Waals surface area (Å²) in [5.74, 6) is 0. The Bertz CT molecular complexity index is 419. The molecular formula is C11H17N3O2S. The second-order valence-corrected chi connectivity index (χ2v) is 5.76. The van der Waals surface area contributed by atoms with Crippen molar-refractivity contribution in [2.45, 2.75) is 38.4 Å². The molecular weight excluding hydrogens is 238 g/mol. The molecule has 0 amide bonds. The zero-order chi connectivity index (χ0) is 12.6. The molecule has 0 aliphatic carbocycles.